The van der Waals surface area contributed by atoms with E-state index in [-0.39, 0.29) is 49.6 Å². The molecule has 1 atom stereocenters. The molecule has 1 aromatic heterocycles. The zero-order valence-electron chi connectivity index (χ0n) is 26.3. The maximum absolute atomic E-state index is 13.9. The molecule has 0 amide bonds. The molecular weight excluding hydrogens is 624 g/mol. The molecule has 13 nitrogen and oxygen atoms in total. The van der Waals surface area contributed by atoms with Gasteiger partial charge in [-0.05, 0) is 52.0 Å². The van der Waals surface area contributed by atoms with Crippen LogP contribution in [0.2, 0.25) is 0 Å². The number of sulfonamides is 2. The molecule has 1 N–H and O–H groups in total. The van der Waals surface area contributed by atoms with Crippen LogP contribution in [0.3, 0.4) is 0 Å². The minimum Gasteiger partial charge on any atom is -0.489 e. The van der Waals surface area contributed by atoms with Crippen molar-refractivity contribution < 1.29 is 40.6 Å². The molecule has 1 aliphatic rings. The Morgan fingerprint density at radius 3 is 2.18 bits per heavy atom. The van der Waals surface area contributed by atoms with Gasteiger partial charge in [-0.1, -0.05) is 24.3 Å². The van der Waals surface area contributed by atoms with Gasteiger partial charge in [0.25, 0.3) is 0 Å². The number of rotatable bonds is 10. The second-order valence-corrected chi connectivity index (χ2v) is 15.4. The number of benzene rings is 2. The molecule has 0 bridgehead atoms. The topological polar surface area (TPSA) is 154 Å². The van der Waals surface area contributed by atoms with Crippen molar-refractivity contribution >= 4 is 43.0 Å². The van der Waals surface area contributed by atoms with E-state index in [0.29, 0.717) is 22.5 Å². The molecule has 15 heteroatoms. The minimum absolute atomic E-state index is 0.0376. The highest BCUT2D eigenvalue weighted by molar-refractivity contribution is 7.89. The summed E-state index contributed by atoms with van der Waals surface area (Å²) in [5.41, 5.74) is 0.440. The number of ether oxygens (including phenoxy) is 3. The zero-order valence-corrected chi connectivity index (χ0v) is 27.9. The van der Waals surface area contributed by atoms with Gasteiger partial charge in [0, 0.05) is 49.4 Å². The van der Waals surface area contributed by atoms with Crippen LogP contribution < -0.4 is 9.46 Å². The number of carbonyl (C=O) groups excluding carboxylic acids is 2. The maximum atomic E-state index is 13.9. The molecule has 0 unspecified atom stereocenters. The standard InChI is InChI=1S/C30H40N4O9S2/c1-21-23(20-42-22-11-8-7-9-12-22)27-24(34(21)29(36)43-30(2,3)4)13-10-14-26(27)45(39,40)31-19-25(28(35)41-5)32-15-17-33(18-16-32)44(6,37)38/h7-14,25,31H,15-20H2,1-6H3/t25-/m0/s1. The number of piperazine rings is 1. The molecule has 0 aliphatic carbocycles. The van der Waals surface area contributed by atoms with Crippen LogP contribution >= 0.6 is 0 Å². The van der Waals surface area contributed by atoms with Gasteiger partial charge in [-0.25, -0.2) is 30.9 Å². The van der Waals surface area contributed by atoms with Crippen LogP contribution in [0.4, 0.5) is 4.79 Å². The molecular formula is C30H40N4O9S2. The summed E-state index contributed by atoms with van der Waals surface area (Å²) in [7, 11) is -6.48. The summed E-state index contributed by atoms with van der Waals surface area (Å²) in [6, 6.07) is 12.6. The summed E-state index contributed by atoms with van der Waals surface area (Å²) >= 11 is 0. The first kappa shape index (κ1) is 34.4. The smallest absolute Gasteiger partial charge is 0.419 e. The van der Waals surface area contributed by atoms with E-state index in [4.69, 9.17) is 14.2 Å². The Kier molecular flexibility index (Phi) is 10.3. The first-order valence-corrected chi connectivity index (χ1v) is 17.7. The van der Waals surface area contributed by atoms with Gasteiger partial charge in [-0.3, -0.25) is 9.69 Å². The normalized spacial score (nSPS) is 16.0. The fourth-order valence-corrected chi connectivity index (χ4v) is 7.35. The molecule has 0 saturated carbocycles. The van der Waals surface area contributed by atoms with E-state index < -0.39 is 43.8 Å². The zero-order chi connectivity index (χ0) is 33.2. The second kappa shape index (κ2) is 13.5. The lowest BCUT2D eigenvalue weighted by Gasteiger charge is -2.37. The molecule has 1 fully saturated rings. The number of fused-ring (bicyclic) bond motifs is 1. The van der Waals surface area contributed by atoms with Crippen molar-refractivity contribution in [1.82, 2.24) is 18.5 Å². The van der Waals surface area contributed by atoms with Crippen LogP contribution in [0.25, 0.3) is 10.9 Å². The van der Waals surface area contributed by atoms with Crippen molar-refractivity contribution in [2.75, 3.05) is 46.1 Å². The Labute approximate surface area is 264 Å². The van der Waals surface area contributed by atoms with Crippen LogP contribution in [0, 0.1) is 6.92 Å². The molecule has 0 radical (unpaired) electrons. The third kappa shape index (κ3) is 8.02. The van der Waals surface area contributed by atoms with Crippen molar-refractivity contribution in [2.45, 2.75) is 50.8 Å². The quantitative estimate of drug-likeness (QED) is 0.320. The van der Waals surface area contributed by atoms with Gasteiger partial charge in [-0.2, -0.15) is 4.31 Å². The number of methoxy groups -OCH3 is 1. The Bertz CT molecular complexity index is 1760. The first-order valence-electron chi connectivity index (χ1n) is 14.3. The van der Waals surface area contributed by atoms with Crippen molar-refractivity contribution in [3.63, 3.8) is 0 Å². The number of nitrogens with one attached hydrogen (secondary N) is 1. The van der Waals surface area contributed by atoms with E-state index >= 15 is 0 Å². The SMILES string of the molecule is COC(=O)[C@H](CNS(=O)(=O)c1cccc2c1c(COc1ccccc1)c(C)n2C(=O)OC(C)(C)C)N1CCN(S(C)(=O)=O)CC1. The summed E-state index contributed by atoms with van der Waals surface area (Å²) in [5, 5.41) is 0.278. The predicted molar refractivity (Wildman–Crippen MR) is 168 cm³/mol. The molecule has 1 saturated heterocycles. The van der Waals surface area contributed by atoms with Gasteiger partial charge in [-0.15, -0.1) is 0 Å². The van der Waals surface area contributed by atoms with Gasteiger partial charge in [0.05, 0.1) is 23.8 Å². The van der Waals surface area contributed by atoms with Crippen LogP contribution in [-0.2, 0) is 40.9 Å². The Balaban J connectivity index is 1.70. The van der Waals surface area contributed by atoms with Gasteiger partial charge in [0.2, 0.25) is 20.0 Å². The van der Waals surface area contributed by atoms with Gasteiger partial charge < -0.3 is 14.2 Å². The highest BCUT2D eigenvalue weighted by atomic mass is 32.2. The summed E-state index contributed by atoms with van der Waals surface area (Å²) in [6.07, 6.45) is 0.448. The van der Waals surface area contributed by atoms with Crippen molar-refractivity contribution in [1.29, 1.82) is 0 Å². The van der Waals surface area contributed by atoms with E-state index in [1.807, 2.05) is 18.2 Å². The lowest BCUT2D eigenvalue weighted by Crippen LogP contribution is -2.56. The summed E-state index contributed by atoms with van der Waals surface area (Å²) in [6.45, 7) is 7.28. The fourth-order valence-electron chi connectivity index (χ4n) is 5.23. The molecule has 2 heterocycles. The summed E-state index contributed by atoms with van der Waals surface area (Å²) in [5.74, 6) is -0.0991. The van der Waals surface area contributed by atoms with Crippen LogP contribution in [0.5, 0.6) is 5.75 Å². The van der Waals surface area contributed by atoms with E-state index in [1.54, 1.807) is 50.8 Å². The highest BCUT2D eigenvalue weighted by Gasteiger charge is 2.34. The number of carbonyl (C=O) groups is 2. The average molecular weight is 665 g/mol. The second-order valence-electron chi connectivity index (χ2n) is 11.7. The third-order valence-electron chi connectivity index (χ3n) is 7.43. The van der Waals surface area contributed by atoms with Crippen LogP contribution in [0.15, 0.2) is 53.4 Å². The van der Waals surface area contributed by atoms with Crippen molar-refractivity contribution in [3.8, 4) is 5.75 Å². The van der Waals surface area contributed by atoms with E-state index in [1.165, 1.54) is 28.1 Å². The van der Waals surface area contributed by atoms with Crippen LogP contribution in [-0.4, -0.2) is 100 Å². The lowest BCUT2D eigenvalue weighted by molar-refractivity contribution is -0.147. The Morgan fingerprint density at radius 1 is 0.956 bits per heavy atom. The Morgan fingerprint density at radius 2 is 1.60 bits per heavy atom. The summed E-state index contributed by atoms with van der Waals surface area (Å²) < 4.78 is 73.6. The highest BCUT2D eigenvalue weighted by Crippen LogP contribution is 2.33. The average Bonchev–Trinajstić information content (AvgIpc) is 3.26. The fraction of sp³-hybridized carbons (Fsp3) is 0.467. The molecule has 3 aromatic rings. The van der Waals surface area contributed by atoms with Gasteiger partial charge in [0.15, 0.2) is 0 Å². The lowest BCUT2D eigenvalue weighted by atomic mass is 10.1. The molecule has 45 heavy (non-hydrogen) atoms. The first-order chi connectivity index (χ1) is 21.0. The predicted octanol–water partition coefficient (Wildman–Crippen LogP) is 2.71. The summed E-state index contributed by atoms with van der Waals surface area (Å²) in [4.78, 5) is 27.7. The van der Waals surface area contributed by atoms with Crippen molar-refractivity contribution in [2.24, 2.45) is 0 Å². The number of hydrogen-bond donors (Lipinski definition) is 1. The minimum atomic E-state index is -4.28. The van der Waals surface area contributed by atoms with Crippen LogP contribution in [0.1, 0.15) is 32.0 Å². The molecule has 4 rings (SSSR count). The molecule has 246 valence electrons. The van der Waals surface area contributed by atoms with E-state index in [9.17, 15) is 26.4 Å². The molecule has 2 aromatic carbocycles. The third-order valence-corrected chi connectivity index (χ3v) is 10.2. The van der Waals surface area contributed by atoms with Gasteiger partial charge >= 0.3 is 12.1 Å². The Hall–Kier alpha value is -3.50. The molecule has 0 spiro atoms. The number of para-hydroxylation sites is 1. The largest absolute Gasteiger partial charge is 0.489 e. The monoisotopic (exact) mass is 664 g/mol. The number of nitrogens with zero attached hydrogens (tertiary/aromatic N) is 3. The maximum Gasteiger partial charge on any atom is 0.419 e. The van der Waals surface area contributed by atoms with E-state index in [0.717, 1.165) is 6.26 Å². The van der Waals surface area contributed by atoms with Gasteiger partial charge in [0.1, 0.15) is 24.0 Å². The number of aromatic nitrogens is 1. The van der Waals surface area contributed by atoms with Crippen molar-refractivity contribution in [3.05, 3.63) is 59.8 Å². The number of hydrogen-bond acceptors (Lipinski definition) is 10. The number of esters is 1. The van der Waals surface area contributed by atoms with E-state index in [2.05, 4.69) is 4.72 Å². The molecule has 1 aliphatic heterocycles.